The summed E-state index contributed by atoms with van der Waals surface area (Å²) in [5.41, 5.74) is 23.2. The van der Waals surface area contributed by atoms with Crippen molar-refractivity contribution in [1.82, 2.24) is 42.1 Å². The number of aliphatic imine (C=N–C) groups is 1. The SMILES string of the molecule is CC(C)[C@@H]1NC(=O)[C@@H](Cc2ccccc2)NC(=O)[C@@H](Cc2ccccc2)NC(=O)CC2(CCCCC2)SSC[C@@H](C(=O)N2CCC[C@H]2C(=O)N[C@@H](CCCN=C(N)N)C(=O)NCC(N)=O)NC(=O)[C@@H](CC(N)=O)NC1=O. The van der Waals surface area contributed by atoms with Gasteiger partial charge < -0.3 is 65.1 Å². The van der Waals surface area contributed by atoms with Gasteiger partial charge in [0.2, 0.25) is 59.1 Å². The van der Waals surface area contributed by atoms with Crippen LogP contribution in [0.3, 0.4) is 0 Å². The molecule has 3 fully saturated rings. The Hall–Kier alpha value is -6.89. The van der Waals surface area contributed by atoms with Crippen LogP contribution >= 0.6 is 21.6 Å². The first-order valence-electron chi connectivity index (χ1n) is 25.6. The number of primary amides is 2. The standard InChI is InChI=1S/C51H73N13O10S2/c1-30(2)42-48(73)61-36(26-39(52)65)45(70)62-37(49(74)64-23-13-19-38(64)47(72)59-33(18-12-22-56-50(54)55)43(68)57-28-40(53)66)29-75-76-51(20-10-5-11-21-51)27-41(67)58-34(24-31-14-6-3-7-15-31)44(69)60-35(46(71)63-42)25-32-16-8-4-9-17-32/h3-4,6-9,14-17,30,33-38,42H,5,10-13,18-29H2,1-2H3,(H2,52,65)(H2,53,66)(H,57,68)(H,58,67)(H,59,72)(H,60,69)(H,61,73)(H,62,70)(H,63,71)(H4,54,55,56)/t33-,34+,35+,36+,37-,38-,42-/m0/s1. The normalized spacial score (nSPS) is 23.4. The zero-order valence-electron chi connectivity index (χ0n) is 43.0. The molecule has 7 atom stereocenters. The Morgan fingerprint density at radius 3 is 1.92 bits per heavy atom. The van der Waals surface area contributed by atoms with E-state index in [1.807, 2.05) is 30.3 Å². The molecule has 2 saturated heterocycles. The summed E-state index contributed by atoms with van der Waals surface area (Å²) in [6.07, 6.45) is 3.93. The van der Waals surface area contributed by atoms with Crippen LogP contribution in [-0.4, -0.2) is 142 Å². The summed E-state index contributed by atoms with van der Waals surface area (Å²) in [7, 11) is 2.60. The second-order valence-electron chi connectivity index (χ2n) is 19.8. The van der Waals surface area contributed by atoms with Gasteiger partial charge in [-0.2, -0.15) is 0 Å². The highest BCUT2D eigenvalue weighted by atomic mass is 33.1. The van der Waals surface area contributed by atoms with E-state index in [0.717, 1.165) is 24.8 Å². The Labute approximate surface area is 450 Å². The molecule has 23 nitrogen and oxygen atoms in total. The van der Waals surface area contributed by atoms with Gasteiger partial charge in [0, 0.05) is 42.9 Å². The van der Waals surface area contributed by atoms with Crippen LogP contribution in [0.4, 0.5) is 0 Å². The molecule has 10 amide bonds. The number of likely N-dealkylation sites (tertiary alicyclic amines) is 1. The van der Waals surface area contributed by atoms with Crippen molar-refractivity contribution in [3.63, 3.8) is 0 Å². The predicted molar refractivity (Wildman–Crippen MR) is 288 cm³/mol. The van der Waals surface area contributed by atoms with Crippen LogP contribution in [0.5, 0.6) is 0 Å². The summed E-state index contributed by atoms with van der Waals surface area (Å²) < 4.78 is -0.690. The van der Waals surface area contributed by atoms with Gasteiger partial charge in [-0.25, -0.2) is 0 Å². The molecule has 1 aliphatic carbocycles. The van der Waals surface area contributed by atoms with Gasteiger partial charge in [0.25, 0.3) is 0 Å². The molecule has 2 aliphatic heterocycles. The van der Waals surface area contributed by atoms with E-state index in [2.05, 4.69) is 42.2 Å². The van der Waals surface area contributed by atoms with Crippen LogP contribution in [0, 0.1) is 5.92 Å². The number of carbonyl (C=O) groups excluding carboxylic acids is 10. The molecule has 25 heteroatoms. The fourth-order valence-electron chi connectivity index (χ4n) is 9.39. The van der Waals surface area contributed by atoms with Gasteiger partial charge in [0.15, 0.2) is 5.96 Å². The Kier molecular flexibility index (Phi) is 23.2. The second kappa shape index (κ2) is 29.4. The van der Waals surface area contributed by atoms with Crippen LogP contribution in [-0.2, 0) is 60.8 Å². The largest absolute Gasteiger partial charge is 0.370 e. The first-order valence-corrected chi connectivity index (χ1v) is 28.0. The van der Waals surface area contributed by atoms with Crippen LogP contribution in [0.2, 0.25) is 0 Å². The molecule has 414 valence electrons. The molecule has 2 aromatic carbocycles. The van der Waals surface area contributed by atoms with Crippen LogP contribution < -0.4 is 60.2 Å². The van der Waals surface area contributed by atoms with Gasteiger partial charge in [0.1, 0.15) is 42.3 Å². The fourth-order valence-corrected chi connectivity index (χ4v) is 12.8. The quantitative estimate of drug-likeness (QED) is 0.0394. The number of carbonyl (C=O) groups is 10. The topological polar surface area (TPSA) is 375 Å². The molecule has 0 radical (unpaired) electrons. The number of hydrogen-bond acceptors (Lipinski definition) is 13. The number of nitrogens with zero attached hydrogens (tertiary/aromatic N) is 2. The number of amides is 10. The van der Waals surface area contributed by atoms with Crippen molar-refractivity contribution in [2.24, 2.45) is 33.8 Å². The molecule has 1 saturated carbocycles. The number of benzene rings is 2. The second-order valence-corrected chi connectivity index (χ2v) is 22.6. The minimum atomic E-state index is -1.65. The molecule has 1 spiro atoms. The van der Waals surface area contributed by atoms with Crippen molar-refractivity contribution in [3.8, 4) is 0 Å². The van der Waals surface area contributed by atoms with Gasteiger partial charge >= 0.3 is 0 Å². The smallest absolute Gasteiger partial charge is 0.246 e. The maximum absolute atomic E-state index is 14.9. The first-order chi connectivity index (χ1) is 36.2. The van der Waals surface area contributed by atoms with Gasteiger partial charge in [-0.3, -0.25) is 52.9 Å². The van der Waals surface area contributed by atoms with E-state index in [9.17, 15) is 47.9 Å². The summed E-state index contributed by atoms with van der Waals surface area (Å²) in [5, 5.41) is 19.0. The minimum absolute atomic E-state index is 0.00303. The highest BCUT2D eigenvalue weighted by Crippen LogP contribution is 2.48. The maximum Gasteiger partial charge on any atom is 0.246 e. The van der Waals surface area contributed by atoms with Crippen molar-refractivity contribution in [3.05, 3.63) is 71.8 Å². The third-order valence-electron chi connectivity index (χ3n) is 13.3. The molecule has 0 bridgehead atoms. The Morgan fingerprint density at radius 2 is 1.33 bits per heavy atom. The van der Waals surface area contributed by atoms with E-state index in [0.29, 0.717) is 24.8 Å². The Bertz CT molecular complexity index is 2410. The van der Waals surface area contributed by atoms with Gasteiger partial charge in [-0.15, -0.1) is 0 Å². The molecule has 76 heavy (non-hydrogen) atoms. The number of rotatable bonds is 17. The molecule has 0 unspecified atom stereocenters. The van der Waals surface area contributed by atoms with Crippen molar-refractivity contribution >= 4 is 86.6 Å². The molecule has 0 aromatic heterocycles. The zero-order chi connectivity index (χ0) is 55.4. The van der Waals surface area contributed by atoms with Crippen molar-refractivity contribution in [2.45, 2.75) is 144 Å². The fraction of sp³-hybridized carbons (Fsp3) is 0.549. The van der Waals surface area contributed by atoms with Crippen molar-refractivity contribution in [1.29, 1.82) is 0 Å². The summed E-state index contributed by atoms with van der Waals surface area (Å²) in [6, 6.07) is 8.97. The van der Waals surface area contributed by atoms with E-state index in [4.69, 9.17) is 22.9 Å². The maximum atomic E-state index is 14.9. The van der Waals surface area contributed by atoms with E-state index >= 15 is 0 Å². The highest BCUT2D eigenvalue weighted by Gasteiger charge is 2.42. The monoisotopic (exact) mass is 1090 g/mol. The summed E-state index contributed by atoms with van der Waals surface area (Å²) >= 11 is 0. The Morgan fingerprint density at radius 1 is 0.737 bits per heavy atom. The van der Waals surface area contributed by atoms with Crippen molar-refractivity contribution < 1.29 is 47.9 Å². The molecular formula is C51H73N13O10S2. The van der Waals surface area contributed by atoms with Crippen LogP contribution in [0.25, 0.3) is 0 Å². The number of nitrogens with two attached hydrogens (primary N) is 4. The lowest BCUT2D eigenvalue weighted by Gasteiger charge is -2.37. The summed E-state index contributed by atoms with van der Waals surface area (Å²) in [6.45, 7) is 3.00. The predicted octanol–water partition coefficient (Wildman–Crippen LogP) is -0.954. The van der Waals surface area contributed by atoms with Crippen LogP contribution in [0.1, 0.15) is 95.6 Å². The summed E-state index contributed by atoms with van der Waals surface area (Å²) in [4.78, 5) is 144. The van der Waals surface area contributed by atoms with E-state index in [-0.39, 0.29) is 63.3 Å². The zero-order valence-corrected chi connectivity index (χ0v) is 44.6. The molecule has 2 aromatic rings. The molecule has 5 rings (SSSR count). The summed E-state index contributed by atoms with van der Waals surface area (Å²) in [5.74, 6) is -8.39. The number of nitrogens with one attached hydrogen (secondary N) is 7. The van der Waals surface area contributed by atoms with Gasteiger partial charge in [0.05, 0.1) is 13.0 Å². The highest BCUT2D eigenvalue weighted by molar-refractivity contribution is 8.77. The first kappa shape index (κ1) is 60.0. The molecule has 2 heterocycles. The number of hydrogen-bond donors (Lipinski definition) is 11. The Balaban J connectivity index is 1.51. The average Bonchev–Trinajstić information content (AvgIpc) is 3.87. The van der Waals surface area contributed by atoms with Crippen LogP contribution in [0.15, 0.2) is 65.7 Å². The molecule has 15 N–H and O–H groups in total. The van der Waals surface area contributed by atoms with E-state index in [1.54, 1.807) is 44.2 Å². The molecule has 3 aliphatic rings. The molecular weight excluding hydrogens is 1020 g/mol. The van der Waals surface area contributed by atoms with E-state index in [1.165, 1.54) is 26.5 Å². The third-order valence-corrected chi connectivity index (χ3v) is 16.6. The van der Waals surface area contributed by atoms with Gasteiger partial charge in [-0.05, 0) is 55.6 Å². The van der Waals surface area contributed by atoms with E-state index < -0.39 is 125 Å². The lowest BCUT2D eigenvalue weighted by molar-refractivity contribution is -0.142. The van der Waals surface area contributed by atoms with Gasteiger partial charge in [-0.1, -0.05) is 115 Å². The number of guanidine groups is 1. The lowest BCUT2D eigenvalue weighted by Crippen LogP contribution is -2.61. The lowest BCUT2D eigenvalue weighted by atomic mass is 9.85. The third kappa shape index (κ3) is 18.7. The minimum Gasteiger partial charge on any atom is -0.370 e. The average molecular weight is 1090 g/mol. The van der Waals surface area contributed by atoms with Crippen molar-refractivity contribution in [2.75, 3.05) is 25.4 Å².